The van der Waals surface area contributed by atoms with E-state index in [-0.39, 0.29) is 5.56 Å². The van der Waals surface area contributed by atoms with Crippen LogP contribution in [0.15, 0.2) is 34.9 Å². The molecule has 2 aromatic rings. The van der Waals surface area contributed by atoms with Gasteiger partial charge in [0.2, 0.25) is 0 Å². The number of anilines is 2. The van der Waals surface area contributed by atoms with Crippen molar-refractivity contribution in [2.24, 2.45) is 0 Å². The normalized spacial score (nSPS) is 10.4. The van der Waals surface area contributed by atoms with Gasteiger partial charge in [-0.15, -0.1) is 0 Å². The first-order valence-corrected chi connectivity index (χ1v) is 5.86. The molecule has 2 rings (SSSR count). The summed E-state index contributed by atoms with van der Waals surface area (Å²) in [6.07, 6.45) is 1.65. The zero-order chi connectivity index (χ0) is 14.0. The summed E-state index contributed by atoms with van der Waals surface area (Å²) in [7, 11) is 1.90. The van der Waals surface area contributed by atoms with Crippen LogP contribution in [0.5, 0.6) is 0 Å². The fraction of sp³-hybridized carbons (Fsp3) is 0.214. The van der Waals surface area contributed by atoms with E-state index in [1.807, 2.05) is 24.9 Å². The van der Waals surface area contributed by atoms with E-state index >= 15 is 0 Å². The molecule has 1 aromatic carbocycles. The van der Waals surface area contributed by atoms with Gasteiger partial charge in [-0.1, -0.05) is 0 Å². The number of hydrogen-bond donors (Lipinski definition) is 2. The summed E-state index contributed by atoms with van der Waals surface area (Å²) in [4.78, 5) is 12.8. The molecule has 0 fully saturated rings. The van der Waals surface area contributed by atoms with Crippen molar-refractivity contribution in [2.75, 3.05) is 17.7 Å². The number of hydrogen-bond acceptors (Lipinski definition) is 4. The van der Waals surface area contributed by atoms with Crippen LogP contribution in [0, 0.1) is 6.92 Å². The molecule has 0 amide bonds. The Labute approximate surface area is 111 Å². The van der Waals surface area contributed by atoms with E-state index in [1.54, 1.807) is 18.4 Å². The topological polar surface area (TPSA) is 79.7 Å². The van der Waals surface area contributed by atoms with E-state index in [0.717, 1.165) is 17.0 Å². The molecule has 0 aliphatic carbocycles. The molecule has 0 saturated heterocycles. The van der Waals surface area contributed by atoms with Gasteiger partial charge in [-0.25, -0.2) is 4.79 Å². The molecule has 100 valence electrons. The molecule has 5 heteroatoms. The lowest BCUT2D eigenvalue weighted by Gasteiger charge is -2.21. The molecule has 1 heterocycles. The SMILES string of the molecule is Cc1occc1CN(C)c1ccc(C(=O)O)cc1N. The highest BCUT2D eigenvalue weighted by Crippen LogP contribution is 2.25. The number of furan rings is 1. The van der Waals surface area contributed by atoms with Gasteiger partial charge in [0.05, 0.1) is 23.2 Å². The third kappa shape index (κ3) is 2.70. The Morgan fingerprint density at radius 3 is 2.68 bits per heavy atom. The molecule has 0 radical (unpaired) electrons. The third-order valence-corrected chi connectivity index (χ3v) is 3.06. The van der Waals surface area contributed by atoms with Crippen LogP contribution in [0.2, 0.25) is 0 Å². The number of nitrogens with zero attached hydrogens (tertiary/aromatic N) is 1. The smallest absolute Gasteiger partial charge is 0.335 e. The van der Waals surface area contributed by atoms with Crippen molar-refractivity contribution in [1.29, 1.82) is 0 Å². The quantitative estimate of drug-likeness (QED) is 0.826. The zero-order valence-electron chi connectivity index (χ0n) is 10.9. The molecule has 0 bridgehead atoms. The number of rotatable bonds is 4. The molecule has 5 nitrogen and oxygen atoms in total. The van der Waals surface area contributed by atoms with Crippen LogP contribution in [0.1, 0.15) is 21.7 Å². The van der Waals surface area contributed by atoms with E-state index in [2.05, 4.69) is 0 Å². The average Bonchev–Trinajstić information content (AvgIpc) is 2.74. The van der Waals surface area contributed by atoms with Gasteiger partial charge in [0.1, 0.15) is 5.76 Å². The Morgan fingerprint density at radius 2 is 2.16 bits per heavy atom. The van der Waals surface area contributed by atoms with Crippen molar-refractivity contribution in [3.8, 4) is 0 Å². The van der Waals surface area contributed by atoms with Gasteiger partial charge in [-0.05, 0) is 31.2 Å². The minimum Gasteiger partial charge on any atom is -0.478 e. The minimum absolute atomic E-state index is 0.189. The highest BCUT2D eigenvalue weighted by Gasteiger charge is 2.11. The zero-order valence-corrected chi connectivity index (χ0v) is 10.9. The van der Waals surface area contributed by atoms with E-state index in [1.165, 1.54) is 6.07 Å². The fourth-order valence-corrected chi connectivity index (χ4v) is 1.95. The lowest BCUT2D eigenvalue weighted by Crippen LogP contribution is -2.18. The Hall–Kier alpha value is -2.43. The Bertz CT molecular complexity index is 604. The summed E-state index contributed by atoms with van der Waals surface area (Å²) in [5.41, 5.74) is 8.41. The lowest BCUT2D eigenvalue weighted by molar-refractivity contribution is 0.0697. The Morgan fingerprint density at radius 1 is 1.42 bits per heavy atom. The standard InChI is InChI=1S/C14H16N2O3/c1-9-11(5-6-19-9)8-16(2)13-4-3-10(14(17)18)7-12(13)15/h3-7H,8,15H2,1-2H3,(H,17,18). The second kappa shape index (κ2) is 5.06. The molecule has 0 aliphatic heterocycles. The van der Waals surface area contributed by atoms with Crippen molar-refractivity contribution >= 4 is 17.3 Å². The van der Waals surface area contributed by atoms with Crippen LogP contribution in [-0.4, -0.2) is 18.1 Å². The van der Waals surface area contributed by atoms with Crippen LogP contribution in [-0.2, 0) is 6.54 Å². The number of carboxylic acids is 1. The molecule has 3 N–H and O–H groups in total. The van der Waals surface area contributed by atoms with Gasteiger partial charge in [-0.3, -0.25) is 0 Å². The number of nitrogen functional groups attached to an aromatic ring is 1. The van der Waals surface area contributed by atoms with Crippen molar-refractivity contribution in [1.82, 2.24) is 0 Å². The first-order valence-electron chi connectivity index (χ1n) is 5.86. The first-order chi connectivity index (χ1) is 8.99. The molecule has 1 aromatic heterocycles. The summed E-state index contributed by atoms with van der Waals surface area (Å²) in [5, 5.41) is 8.90. The first kappa shape index (κ1) is 13.0. The number of aromatic carboxylic acids is 1. The summed E-state index contributed by atoms with van der Waals surface area (Å²) >= 11 is 0. The summed E-state index contributed by atoms with van der Waals surface area (Å²) < 4.78 is 5.25. The van der Waals surface area contributed by atoms with Gasteiger partial charge in [0.15, 0.2) is 0 Å². The highest BCUT2D eigenvalue weighted by atomic mass is 16.4. The highest BCUT2D eigenvalue weighted by molar-refractivity contribution is 5.90. The Kier molecular flexibility index (Phi) is 3.46. The minimum atomic E-state index is -0.980. The molecule has 0 unspecified atom stereocenters. The molecule has 0 atom stereocenters. The lowest BCUT2D eigenvalue weighted by atomic mass is 10.1. The van der Waals surface area contributed by atoms with E-state index in [0.29, 0.717) is 12.2 Å². The monoisotopic (exact) mass is 260 g/mol. The largest absolute Gasteiger partial charge is 0.478 e. The van der Waals surface area contributed by atoms with Crippen molar-refractivity contribution in [3.05, 3.63) is 47.4 Å². The predicted octanol–water partition coefficient (Wildman–Crippen LogP) is 2.50. The molecule has 0 aliphatic rings. The van der Waals surface area contributed by atoms with Crippen molar-refractivity contribution < 1.29 is 14.3 Å². The maximum Gasteiger partial charge on any atom is 0.335 e. The average molecular weight is 260 g/mol. The maximum absolute atomic E-state index is 10.9. The second-order valence-electron chi connectivity index (χ2n) is 4.44. The van der Waals surface area contributed by atoms with Crippen LogP contribution >= 0.6 is 0 Å². The number of carbonyl (C=O) groups is 1. The van der Waals surface area contributed by atoms with Gasteiger partial charge in [-0.2, -0.15) is 0 Å². The third-order valence-electron chi connectivity index (χ3n) is 3.06. The number of nitrogens with two attached hydrogens (primary N) is 1. The second-order valence-corrected chi connectivity index (χ2v) is 4.44. The number of benzene rings is 1. The van der Waals surface area contributed by atoms with Gasteiger partial charge in [0.25, 0.3) is 0 Å². The molecular formula is C14H16N2O3. The maximum atomic E-state index is 10.9. The van der Waals surface area contributed by atoms with Gasteiger partial charge in [0, 0.05) is 19.2 Å². The van der Waals surface area contributed by atoms with Crippen LogP contribution < -0.4 is 10.6 Å². The number of aryl methyl sites for hydroxylation is 1. The van der Waals surface area contributed by atoms with Gasteiger partial charge < -0.3 is 20.2 Å². The summed E-state index contributed by atoms with van der Waals surface area (Å²) in [5.74, 6) is -0.112. The van der Waals surface area contributed by atoms with Crippen LogP contribution in [0.25, 0.3) is 0 Å². The van der Waals surface area contributed by atoms with Crippen LogP contribution in [0.4, 0.5) is 11.4 Å². The van der Waals surface area contributed by atoms with E-state index < -0.39 is 5.97 Å². The number of carboxylic acid groups (broad SMARTS) is 1. The summed E-state index contributed by atoms with van der Waals surface area (Å²) in [6.45, 7) is 2.55. The molecule has 0 spiro atoms. The summed E-state index contributed by atoms with van der Waals surface area (Å²) in [6, 6.07) is 6.64. The Balaban J connectivity index is 2.22. The van der Waals surface area contributed by atoms with Gasteiger partial charge >= 0.3 is 5.97 Å². The van der Waals surface area contributed by atoms with Crippen molar-refractivity contribution in [2.45, 2.75) is 13.5 Å². The molecule has 0 saturated carbocycles. The van der Waals surface area contributed by atoms with Crippen molar-refractivity contribution in [3.63, 3.8) is 0 Å². The predicted molar refractivity (Wildman–Crippen MR) is 73.4 cm³/mol. The van der Waals surface area contributed by atoms with Crippen LogP contribution in [0.3, 0.4) is 0 Å². The molecular weight excluding hydrogens is 244 g/mol. The van der Waals surface area contributed by atoms with E-state index in [9.17, 15) is 4.79 Å². The molecule has 19 heavy (non-hydrogen) atoms. The van der Waals surface area contributed by atoms with E-state index in [4.69, 9.17) is 15.3 Å². The fourth-order valence-electron chi connectivity index (χ4n) is 1.95.